The molecule has 0 radical (unpaired) electrons. The van der Waals surface area contributed by atoms with E-state index >= 15 is 0 Å². The third kappa shape index (κ3) is 11.3. The first-order chi connectivity index (χ1) is 10.5. The average molecular weight is 312 g/mol. The third-order valence-corrected chi connectivity index (χ3v) is 3.46. The number of carbonyl (C=O) groups excluding carboxylic acids is 1. The largest absolute Gasteiger partial charge is 0.548 e. The number of imidazole rings is 1. The van der Waals surface area contributed by atoms with Gasteiger partial charge in [0.05, 0.1) is 19.6 Å². The van der Waals surface area contributed by atoms with Gasteiger partial charge < -0.3 is 21.4 Å². The second-order valence-corrected chi connectivity index (χ2v) is 5.53. The van der Waals surface area contributed by atoms with Crippen molar-refractivity contribution in [2.24, 2.45) is 18.5 Å². The van der Waals surface area contributed by atoms with Crippen LogP contribution in [-0.2, 0) is 18.4 Å². The highest BCUT2D eigenvalue weighted by molar-refractivity contribution is 5.70. The molecule has 22 heavy (non-hydrogen) atoms. The first-order valence-corrected chi connectivity index (χ1v) is 8.18. The smallest absolute Gasteiger partial charge is 0.243 e. The van der Waals surface area contributed by atoms with Gasteiger partial charge in [0.25, 0.3) is 0 Å². The minimum atomic E-state index is -1.15. The fourth-order valence-electron chi connectivity index (χ4n) is 2.02. The Labute approximate surface area is 134 Å². The number of carbonyl (C=O) groups is 1. The van der Waals surface area contributed by atoms with Crippen LogP contribution in [0.25, 0.3) is 0 Å². The van der Waals surface area contributed by atoms with E-state index in [-0.39, 0.29) is 0 Å². The Kier molecular flexibility index (Phi) is 12.4. The van der Waals surface area contributed by atoms with E-state index in [4.69, 9.17) is 11.5 Å². The van der Waals surface area contributed by atoms with Crippen LogP contribution >= 0.6 is 0 Å². The maximum Gasteiger partial charge on any atom is 0.243 e. The van der Waals surface area contributed by atoms with Crippen molar-refractivity contribution in [2.75, 3.05) is 6.54 Å². The topological polar surface area (TPSA) is 101 Å². The molecule has 0 amide bonds. The molecule has 0 aliphatic rings. The molecule has 1 heterocycles. The molecule has 4 N–H and O–H groups in total. The van der Waals surface area contributed by atoms with E-state index in [9.17, 15) is 9.90 Å². The normalized spacial score (nSPS) is 11.6. The Morgan fingerprint density at radius 2 is 1.82 bits per heavy atom. The van der Waals surface area contributed by atoms with Gasteiger partial charge in [-0.15, -0.1) is 0 Å². The molecule has 0 aliphatic heterocycles. The molecule has 128 valence electrons. The fraction of sp³-hybridized carbons (Fsp3) is 0.750. The fourth-order valence-corrected chi connectivity index (χ4v) is 2.02. The predicted molar refractivity (Wildman–Crippen MR) is 85.6 cm³/mol. The average Bonchev–Trinajstić information content (AvgIpc) is 2.92. The summed E-state index contributed by atoms with van der Waals surface area (Å²) in [6, 6.07) is -0.793. The van der Waals surface area contributed by atoms with Crippen molar-refractivity contribution in [1.82, 2.24) is 4.57 Å². The summed E-state index contributed by atoms with van der Waals surface area (Å²) in [6.07, 6.45) is 13.2. The summed E-state index contributed by atoms with van der Waals surface area (Å²) in [6.45, 7) is 3.94. The quantitative estimate of drug-likeness (QED) is 0.472. The van der Waals surface area contributed by atoms with Crippen molar-refractivity contribution < 1.29 is 14.5 Å². The summed E-state index contributed by atoms with van der Waals surface area (Å²) < 4.78 is 4.16. The van der Waals surface area contributed by atoms with Gasteiger partial charge in [-0.2, -0.15) is 0 Å². The number of aromatic nitrogens is 2. The molecular formula is C16H32N4O2. The van der Waals surface area contributed by atoms with E-state index in [0.29, 0.717) is 6.42 Å². The number of carboxylic acids is 1. The van der Waals surface area contributed by atoms with E-state index in [2.05, 4.69) is 24.0 Å². The van der Waals surface area contributed by atoms with Crippen molar-refractivity contribution >= 4 is 5.97 Å². The van der Waals surface area contributed by atoms with Crippen LogP contribution in [0.5, 0.6) is 0 Å². The maximum atomic E-state index is 10.3. The van der Waals surface area contributed by atoms with Gasteiger partial charge in [-0.25, -0.2) is 9.13 Å². The molecule has 1 unspecified atom stereocenters. The Hall–Kier alpha value is -1.40. The van der Waals surface area contributed by atoms with Crippen LogP contribution < -0.4 is 21.1 Å². The zero-order chi connectivity index (χ0) is 16.8. The summed E-state index contributed by atoms with van der Waals surface area (Å²) in [4.78, 5) is 10.3. The van der Waals surface area contributed by atoms with Gasteiger partial charge in [-0.05, 0) is 26.3 Å². The number of unbranched alkanes of at least 4 members (excludes halogenated alkanes) is 5. The maximum absolute atomic E-state index is 10.3. The van der Waals surface area contributed by atoms with Crippen molar-refractivity contribution in [2.45, 2.75) is 64.5 Å². The first kappa shape index (κ1) is 20.6. The standard InChI is InChI=1S/C10H22N2O2.C6H11N2/c11-8-6-4-2-1-3-5-7-9(12)10(13)14;1-3-8-5-4-7(2)6-8/h9H,1-8,11-12H2,(H,13,14);4-6H,3H2,1-2H3/q;+1/p-1. The molecule has 1 aromatic heterocycles. The molecular weight excluding hydrogens is 280 g/mol. The molecule has 0 aromatic carbocycles. The van der Waals surface area contributed by atoms with Crippen LogP contribution in [0.15, 0.2) is 18.7 Å². The Morgan fingerprint density at radius 3 is 2.23 bits per heavy atom. The SMILES string of the molecule is CC[n+]1ccn(C)c1.NCCCCCCCCC(N)C(=O)[O-]. The van der Waals surface area contributed by atoms with Crippen molar-refractivity contribution in [1.29, 1.82) is 0 Å². The molecule has 0 saturated heterocycles. The van der Waals surface area contributed by atoms with E-state index in [1.165, 1.54) is 12.8 Å². The number of aryl methyl sites for hydroxylation is 2. The highest BCUT2D eigenvalue weighted by atomic mass is 16.4. The summed E-state index contributed by atoms with van der Waals surface area (Å²) >= 11 is 0. The molecule has 0 aliphatic carbocycles. The molecule has 1 aromatic rings. The second kappa shape index (κ2) is 13.3. The molecule has 0 spiro atoms. The molecule has 6 heteroatoms. The molecule has 1 atom stereocenters. The highest BCUT2D eigenvalue weighted by Crippen LogP contribution is 2.07. The number of aliphatic carboxylic acids is 1. The van der Waals surface area contributed by atoms with Crippen LogP contribution in [0.3, 0.4) is 0 Å². The molecule has 0 bridgehead atoms. The van der Waals surface area contributed by atoms with Crippen LogP contribution in [0.4, 0.5) is 0 Å². The summed E-state index contributed by atoms with van der Waals surface area (Å²) in [5, 5.41) is 10.3. The van der Waals surface area contributed by atoms with Crippen LogP contribution in [0.1, 0.15) is 51.9 Å². The van der Waals surface area contributed by atoms with Crippen molar-refractivity contribution in [3.8, 4) is 0 Å². The number of hydrogen-bond acceptors (Lipinski definition) is 4. The summed E-state index contributed by atoms with van der Waals surface area (Å²) in [5.41, 5.74) is 10.7. The van der Waals surface area contributed by atoms with Gasteiger partial charge in [-0.3, -0.25) is 0 Å². The molecule has 0 saturated carbocycles. The lowest BCUT2D eigenvalue weighted by Gasteiger charge is -2.11. The van der Waals surface area contributed by atoms with Gasteiger partial charge in [0.15, 0.2) is 0 Å². The zero-order valence-corrected chi connectivity index (χ0v) is 14.0. The molecule has 6 nitrogen and oxygen atoms in total. The molecule has 1 rings (SSSR count). The summed E-state index contributed by atoms with van der Waals surface area (Å²) in [5.74, 6) is -1.15. The van der Waals surface area contributed by atoms with Gasteiger partial charge in [0.2, 0.25) is 6.33 Å². The summed E-state index contributed by atoms with van der Waals surface area (Å²) in [7, 11) is 2.02. The van der Waals surface area contributed by atoms with Crippen LogP contribution in [0, 0.1) is 0 Å². The van der Waals surface area contributed by atoms with Crippen LogP contribution in [-0.4, -0.2) is 23.1 Å². The second-order valence-electron chi connectivity index (χ2n) is 5.53. The van der Waals surface area contributed by atoms with Gasteiger partial charge >= 0.3 is 0 Å². The van der Waals surface area contributed by atoms with E-state index in [0.717, 1.165) is 38.8 Å². The Bertz CT molecular complexity index is 393. The number of nitrogens with zero attached hydrogens (tertiary/aromatic N) is 2. The van der Waals surface area contributed by atoms with E-state index in [1.807, 2.05) is 17.8 Å². The number of nitrogens with two attached hydrogens (primary N) is 2. The minimum absolute atomic E-state index is 0.527. The molecule has 0 fully saturated rings. The minimum Gasteiger partial charge on any atom is -0.548 e. The lowest BCUT2D eigenvalue weighted by molar-refractivity contribution is -0.693. The number of rotatable bonds is 10. The van der Waals surface area contributed by atoms with E-state index < -0.39 is 12.0 Å². The monoisotopic (exact) mass is 312 g/mol. The zero-order valence-electron chi connectivity index (χ0n) is 14.0. The van der Waals surface area contributed by atoms with E-state index in [1.54, 1.807) is 0 Å². The van der Waals surface area contributed by atoms with Crippen molar-refractivity contribution in [3.05, 3.63) is 18.7 Å². The number of hydrogen-bond donors (Lipinski definition) is 2. The van der Waals surface area contributed by atoms with Gasteiger partial charge in [-0.1, -0.05) is 32.1 Å². The predicted octanol–water partition coefficient (Wildman–Crippen LogP) is 0.0855. The third-order valence-electron chi connectivity index (χ3n) is 3.46. The lowest BCUT2D eigenvalue weighted by atomic mass is 10.1. The highest BCUT2D eigenvalue weighted by Gasteiger charge is 2.01. The van der Waals surface area contributed by atoms with Crippen molar-refractivity contribution in [3.63, 3.8) is 0 Å². The Morgan fingerprint density at radius 1 is 1.23 bits per heavy atom. The first-order valence-electron chi connectivity index (χ1n) is 8.18. The van der Waals surface area contributed by atoms with Gasteiger partial charge in [0, 0.05) is 6.04 Å². The van der Waals surface area contributed by atoms with Crippen LogP contribution in [0.2, 0.25) is 0 Å². The Balaban J connectivity index is 0.000000461. The van der Waals surface area contributed by atoms with Gasteiger partial charge in [0.1, 0.15) is 12.4 Å². The lowest BCUT2D eigenvalue weighted by Crippen LogP contribution is -2.41. The number of carboxylic acid groups (broad SMARTS) is 1.